The summed E-state index contributed by atoms with van der Waals surface area (Å²) in [6.45, 7) is 2.18. The van der Waals surface area contributed by atoms with Gasteiger partial charge in [-0.1, -0.05) is 43.7 Å². The zero-order valence-electron chi connectivity index (χ0n) is 19.2. The number of amides is 1. The fourth-order valence-electron chi connectivity index (χ4n) is 3.85. The van der Waals surface area contributed by atoms with Crippen molar-refractivity contribution in [3.8, 4) is 22.8 Å². The van der Waals surface area contributed by atoms with Crippen LogP contribution in [0.3, 0.4) is 0 Å². The van der Waals surface area contributed by atoms with E-state index in [9.17, 15) is 4.79 Å². The number of anilines is 1. The molecule has 168 valence electrons. The highest BCUT2D eigenvalue weighted by atomic mass is 16.5. The number of ether oxygens (including phenoxy) is 2. The Bertz CT molecular complexity index is 1270. The Labute approximate surface area is 194 Å². The Hall–Kier alpha value is -3.86. The van der Waals surface area contributed by atoms with E-state index in [0.29, 0.717) is 22.8 Å². The van der Waals surface area contributed by atoms with Gasteiger partial charge in [-0.25, -0.2) is 4.98 Å². The standard InChI is InChI=1S/C28H28N2O3/c1-4-5-8-19-11-13-20(14-12-19)29-28(31)24-18-26(30-25-10-7-6-9-22(24)25)23-16-15-21(32-2)17-27(23)33-3/h6-7,9-18H,4-5,8H2,1-3H3,(H,29,31). The minimum atomic E-state index is -0.177. The summed E-state index contributed by atoms with van der Waals surface area (Å²) in [6, 6.07) is 23.1. The van der Waals surface area contributed by atoms with Crippen LogP contribution in [-0.4, -0.2) is 25.1 Å². The van der Waals surface area contributed by atoms with Crippen LogP contribution in [-0.2, 0) is 6.42 Å². The van der Waals surface area contributed by atoms with Crippen LogP contribution >= 0.6 is 0 Å². The summed E-state index contributed by atoms with van der Waals surface area (Å²) in [6.07, 6.45) is 3.37. The number of aromatic nitrogens is 1. The third kappa shape index (κ3) is 4.98. The lowest BCUT2D eigenvalue weighted by Crippen LogP contribution is -2.13. The van der Waals surface area contributed by atoms with Crippen LogP contribution in [0.1, 0.15) is 35.7 Å². The van der Waals surface area contributed by atoms with Crippen molar-refractivity contribution in [2.75, 3.05) is 19.5 Å². The summed E-state index contributed by atoms with van der Waals surface area (Å²) >= 11 is 0. The van der Waals surface area contributed by atoms with Gasteiger partial charge >= 0.3 is 0 Å². The molecule has 5 heteroatoms. The highest BCUT2D eigenvalue weighted by Crippen LogP contribution is 2.34. The minimum absolute atomic E-state index is 0.177. The van der Waals surface area contributed by atoms with Crippen molar-refractivity contribution >= 4 is 22.5 Å². The molecule has 0 atom stereocenters. The first kappa shape index (κ1) is 22.3. The van der Waals surface area contributed by atoms with Crippen LogP contribution in [0, 0.1) is 0 Å². The molecule has 33 heavy (non-hydrogen) atoms. The monoisotopic (exact) mass is 440 g/mol. The van der Waals surface area contributed by atoms with Crippen LogP contribution < -0.4 is 14.8 Å². The third-order valence-corrected chi connectivity index (χ3v) is 5.68. The van der Waals surface area contributed by atoms with Crippen LogP contribution in [0.25, 0.3) is 22.2 Å². The summed E-state index contributed by atoms with van der Waals surface area (Å²) in [7, 11) is 3.22. The molecule has 0 aliphatic rings. The summed E-state index contributed by atoms with van der Waals surface area (Å²) < 4.78 is 10.9. The van der Waals surface area contributed by atoms with Gasteiger partial charge in [0.25, 0.3) is 5.91 Å². The van der Waals surface area contributed by atoms with E-state index in [-0.39, 0.29) is 5.91 Å². The van der Waals surface area contributed by atoms with E-state index in [4.69, 9.17) is 14.5 Å². The van der Waals surface area contributed by atoms with Crippen molar-refractivity contribution in [2.24, 2.45) is 0 Å². The van der Waals surface area contributed by atoms with Gasteiger partial charge in [0.1, 0.15) is 11.5 Å². The number of hydrogen-bond donors (Lipinski definition) is 1. The molecule has 3 aromatic carbocycles. The Morgan fingerprint density at radius 3 is 2.45 bits per heavy atom. The van der Waals surface area contributed by atoms with Gasteiger partial charge in [0, 0.05) is 22.7 Å². The van der Waals surface area contributed by atoms with Gasteiger partial charge in [-0.05, 0) is 54.8 Å². The molecule has 0 radical (unpaired) electrons. The number of pyridine rings is 1. The van der Waals surface area contributed by atoms with Crippen molar-refractivity contribution in [3.05, 3.63) is 83.9 Å². The maximum Gasteiger partial charge on any atom is 0.256 e. The SMILES string of the molecule is CCCCc1ccc(NC(=O)c2cc(-c3ccc(OC)cc3OC)nc3ccccc23)cc1. The summed E-state index contributed by atoms with van der Waals surface area (Å²) in [5.41, 5.74) is 4.80. The van der Waals surface area contributed by atoms with E-state index in [1.807, 2.05) is 60.7 Å². The number of fused-ring (bicyclic) bond motifs is 1. The molecule has 0 fully saturated rings. The molecule has 1 aromatic heterocycles. The predicted octanol–water partition coefficient (Wildman–Crippen LogP) is 6.51. The predicted molar refractivity (Wildman–Crippen MR) is 133 cm³/mol. The lowest BCUT2D eigenvalue weighted by Gasteiger charge is -2.13. The fourth-order valence-corrected chi connectivity index (χ4v) is 3.85. The first-order valence-corrected chi connectivity index (χ1v) is 11.2. The van der Waals surface area contributed by atoms with E-state index < -0.39 is 0 Å². The van der Waals surface area contributed by atoms with Crippen molar-refractivity contribution in [1.82, 2.24) is 4.98 Å². The van der Waals surface area contributed by atoms with E-state index in [2.05, 4.69) is 24.4 Å². The number of carbonyl (C=O) groups excluding carboxylic acids is 1. The molecule has 0 aliphatic carbocycles. The number of nitrogens with zero attached hydrogens (tertiary/aromatic N) is 1. The van der Waals surface area contributed by atoms with E-state index in [1.165, 1.54) is 5.56 Å². The maximum absolute atomic E-state index is 13.3. The van der Waals surface area contributed by atoms with Gasteiger partial charge in [-0.15, -0.1) is 0 Å². The number of unbranched alkanes of at least 4 members (excludes halogenated alkanes) is 1. The number of benzene rings is 3. The van der Waals surface area contributed by atoms with E-state index in [0.717, 1.165) is 41.4 Å². The molecule has 0 bridgehead atoms. The molecule has 0 aliphatic heterocycles. The second-order valence-corrected chi connectivity index (χ2v) is 7.89. The van der Waals surface area contributed by atoms with Crippen LogP contribution in [0.5, 0.6) is 11.5 Å². The summed E-state index contributed by atoms with van der Waals surface area (Å²) in [5.74, 6) is 1.14. The van der Waals surface area contributed by atoms with E-state index >= 15 is 0 Å². The number of para-hydroxylation sites is 1. The Morgan fingerprint density at radius 2 is 1.73 bits per heavy atom. The molecule has 1 N–H and O–H groups in total. The van der Waals surface area contributed by atoms with Crippen molar-refractivity contribution in [3.63, 3.8) is 0 Å². The molecule has 0 spiro atoms. The molecule has 1 heterocycles. The lowest BCUT2D eigenvalue weighted by atomic mass is 10.0. The molecular weight excluding hydrogens is 412 g/mol. The van der Waals surface area contributed by atoms with Crippen molar-refractivity contribution in [2.45, 2.75) is 26.2 Å². The molecule has 1 amide bonds. The van der Waals surface area contributed by atoms with Crippen LogP contribution in [0.15, 0.2) is 72.8 Å². The summed E-state index contributed by atoms with van der Waals surface area (Å²) in [5, 5.41) is 3.84. The number of carbonyl (C=O) groups is 1. The first-order chi connectivity index (χ1) is 16.1. The fraction of sp³-hybridized carbons (Fsp3) is 0.214. The molecule has 4 rings (SSSR count). The number of nitrogens with one attached hydrogen (secondary N) is 1. The number of rotatable bonds is 8. The Balaban J connectivity index is 1.71. The zero-order valence-corrected chi connectivity index (χ0v) is 19.2. The quantitative estimate of drug-likeness (QED) is 0.339. The van der Waals surface area contributed by atoms with Gasteiger partial charge in [-0.2, -0.15) is 0 Å². The van der Waals surface area contributed by atoms with Gasteiger partial charge in [0.05, 0.1) is 31.0 Å². The van der Waals surface area contributed by atoms with Crippen LogP contribution in [0.2, 0.25) is 0 Å². The number of hydrogen-bond acceptors (Lipinski definition) is 4. The van der Waals surface area contributed by atoms with Crippen LogP contribution in [0.4, 0.5) is 5.69 Å². The first-order valence-electron chi connectivity index (χ1n) is 11.2. The highest BCUT2D eigenvalue weighted by Gasteiger charge is 2.17. The molecule has 0 saturated heterocycles. The second kappa shape index (κ2) is 10.2. The van der Waals surface area contributed by atoms with Crippen molar-refractivity contribution in [1.29, 1.82) is 0 Å². The smallest absolute Gasteiger partial charge is 0.256 e. The number of aryl methyl sites for hydroxylation is 1. The average Bonchev–Trinajstić information content (AvgIpc) is 2.87. The molecule has 4 aromatic rings. The lowest BCUT2D eigenvalue weighted by molar-refractivity contribution is 0.102. The van der Waals surface area contributed by atoms with Crippen molar-refractivity contribution < 1.29 is 14.3 Å². The number of methoxy groups -OCH3 is 2. The third-order valence-electron chi connectivity index (χ3n) is 5.68. The van der Waals surface area contributed by atoms with Gasteiger partial charge in [-0.3, -0.25) is 4.79 Å². The largest absolute Gasteiger partial charge is 0.497 e. The Morgan fingerprint density at radius 1 is 0.939 bits per heavy atom. The average molecular weight is 441 g/mol. The topological polar surface area (TPSA) is 60.5 Å². The highest BCUT2D eigenvalue weighted by molar-refractivity contribution is 6.13. The van der Waals surface area contributed by atoms with E-state index in [1.54, 1.807) is 14.2 Å². The zero-order chi connectivity index (χ0) is 23.2. The second-order valence-electron chi connectivity index (χ2n) is 7.89. The van der Waals surface area contributed by atoms with Gasteiger partial charge in [0.15, 0.2) is 0 Å². The molecule has 5 nitrogen and oxygen atoms in total. The molecule has 0 saturated carbocycles. The van der Waals surface area contributed by atoms with Gasteiger partial charge in [0.2, 0.25) is 0 Å². The molecular formula is C28H28N2O3. The minimum Gasteiger partial charge on any atom is -0.497 e. The van der Waals surface area contributed by atoms with Gasteiger partial charge < -0.3 is 14.8 Å². The maximum atomic E-state index is 13.3. The Kier molecular flexibility index (Phi) is 6.89. The normalized spacial score (nSPS) is 10.8. The molecule has 0 unspecified atom stereocenters. The summed E-state index contributed by atoms with van der Waals surface area (Å²) in [4.78, 5) is 18.1.